The molecule has 126 valence electrons. The Kier molecular flexibility index (Phi) is 3.81. The van der Waals surface area contributed by atoms with E-state index < -0.39 is 0 Å². The van der Waals surface area contributed by atoms with Gasteiger partial charge >= 0.3 is 0 Å². The van der Waals surface area contributed by atoms with Crippen LogP contribution >= 0.6 is 0 Å². The minimum absolute atomic E-state index is 0.147. The van der Waals surface area contributed by atoms with Crippen molar-refractivity contribution in [2.45, 2.75) is 12.6 Å². The normalized spacial score (nSPS) is 12.4. The van der Waals surface area contributed by atoms with Gasteiger partial charge in [-0.25, -0.2) is 9.50 Å². The highest BCUT2D eigenvalue weighted by Gasteiger charge is 2.20. The number of hydrogen-bond donors (Lipinski definition) is 1. The average molecular weight is 334 g/mol. The topological polar surface area (TPSA) is 69.2 Å². The molecule has 1 amide bonds. The quantitative estimate of drug-likeness (QED) is 0.607. The van der Waals surface area contributed by atoms with Gasteiger partial charge in [-0.15, -0.1) is 0 Å². The van der Waals surface area contributed by atoms with E-state index in [1.54, 1.807) is 23.2 Å². The number of amides is 1. The molecule has 25 heavy (non-hydrogen) atoms. The molecule has 0 aliphatic carbocycles. The predicted molar refractivity (Wildman–Crippen MR) is 93.0 cm³/mol. The van der Waals surface area contributed by atoms with Crippen LogP contribution in [-0.2, 0) is 13.6 Å². The van der Waals surface area contributed by atoms with E-state index >= 15 is 0 Å². The number of fused-ring (bicyclic) bond motifs is 1. The Hall–Kier alpha value is -3.35. The number of nitrogens with one attached hydrogen (secondary N) is 1. The smallest absolute Gasteiger partial charge is 0.257 e. The Morgan fingerprint density at radius 1 is 1.20 bits per heavy atom. The summed E-state index contributed by atoms with van der Waals surface area (Å²) in [5.41, 5.74) is 2.37. The lowest BCUT2D eigenvalue weighted by atomic mass is 10.1. The molecule has 0 bridgehead atoms. The van der Waals surface area contributed by atoms with Crippen LogP contribution in [0.2, 0.25) is 0 Å². The molecule has 3 aromatic heterocycles. The van der Waals surface area contributed by atoms with Crippen LogP contribution < -0.4 is 5.32 Å². The maximum absolute atomic E-state index is 12.9. The van der Waals surface area contributed by atoms with E-state index in [1.165, 1.54) is 0 Å². The van der Waals surface area contributed by atoms with E-state index in [9.17, 15) is 4.79 Å². The number of hydrogen-bond acceptors (Lipinski definition) is 3. The molecule has 0 aliphatic heterocycles. The first kappa shape index (κ1) is 15.2. The number of imidazole rings is 2. The number of benzene rings is 1. The Morgan fingerprint density at radius 3 is 2.80 bits per heavy atom. The Balaban J connectivity index is 1.63. The van der Waals surface area contributed by atoms with Gasteiger partial charge < -0.3 is 14.5 Å². The standard InChI is InChI=1S/C18H18N6O/c1-22-9-10-24-18(22)15(11-20-24)17(25)21-16(12-23-8-7-19-13-23)14-5-3-2-4-6-14/h2-11,13,16H,12H2,1H3,(H,21,25)/t16-/m1/s1. The van der Waals surface area contributed by atoms with Gasteiger partial charge in [-0.1, -0.05) is 30.3 Å². The Labute approximate surface area is 144 Å². The third-order valence-corrected chi connectivity index (χ3v) is 4.24. The van der Waals surface area contributed by atoms with Gasteiger partial charge in [-0.3, -0.25) is 4.79 Å². The molecule has 1 atom stereocenters. The van der Waals surface area contributed by atoms with E-state index in [1.807, 2.05) is 65.1 Å². The second kappa shape index (κ2) is 6.27. The van der Waals surface area contributed by atoms with Crippen molar-refractivity contribution < 1.29 is 4.79 Å². The lowest BCUT2D eigenvalue weighted by Gasteiger charge is -2.19. The first-order chi connectivity index (χ1) is 12.2. The fraction of sp³-hybridized carbons (Fsp3) is 0.167. The molecule has 0 radical (unpaired) electrons. The summed E-state index contributed by atoms with van der Waals surface area (Å²) in [5, 5.41) is 7.37. The number of aryl methyl sites for hydroxylation is 1. The SMILES string of the molecule is Cn1ccn2ncc(C(=O)N[C@H](Cn3ccnc3)c3ccccc3)c12. The van der Waals surface area contributed by atoms with Crippen LogP contribution in [0.25, 0.3) is 5.65 Å². The molecule has 0 aliphatic rings. The molecule has 4 aromatic rings. The summed E-state index contributed by atoms with van der Waals surface area (Å²) in [6.45, 7) is 0.604. The summed E-state index contributed by atoms with van der Waals surface area (Å²) in [4.78, 5) is 17.0. The summed E-state index contributed by atoms with van der Waals surface area (Å²) in [6, 6.07) is 9.76. The molecule has 1 aromatic carbocycles. The van der Waals surface area contributed by atoms with Gasteiger partial charge in [0.25, 0.3) is 5.91 Å². The predicted octanol–water partition coefficient (Wildman–Crippen LogP) is 2.04. The molecular weight excluding hydrogens is 316 g/mol. The van der Waals surface area contributed by atoms with Crippen LogP contribution in [0.15, 0.2) is 67.6 Å². The largest absolute Gasteiger partial charge is 0.343 e. The molecule has 7 nitrogen and oxygen atoms in total. The molecule has 7 heteroatoms. The van der Waals surface area contributed by atoms with Crippen molar-refractivity contribution in [1.29, 1.82) is 0 Å². The molecule has 0 saturated carbocycles. The van der Waals surface area contributed by atoms with Gasteiger partial charge in [-0.05, 0) is 5.56 Å². The fourth-order valence-electron chi connectivity index (χ4n) is 2.97. The lowest BCUT2D eigenvalue weighted by Crippen LogP contribution is -2.31. The van der Waals surface area contributed by atoms with Gasteiger partial charge in [0.1, 0.15) is 11.2 Å². The zero-order valence-electron chi connectivity index (χ0n) is 13.8. The number of carbonyl (C=O) groups excluding carboxylic acids is 1. The van der Waals surface area contributed by atoms with Crippen LogP contribution in [0, 0.1) is 0 Å². The molecule has 0 spiro atoms. The van der Waals surface area contributed by atoms with E-state index in [0.29, 0.717) is 12.1 Å². The fourth-order valence-corrected chi connectivity index (χ4v) is 2.97. The monoisotopic (exact) mass is 334 g/mol. The van der Waals surface area contributed by atoms with Crippen molar-refractivity contribution in [1.82, 2.24) is 29.0 Å². The second-order valence-electron chi connectivity index (χ2n) is 5.93. The zero-order valence-corrected chi connectivity index (χ0v) is 13.8. The number of rotatable bonds is 5. The first-order valence-corrected chi connectivity index (χ1v) is 8.02. The van der Waals surface area contributed by atoms with Crippen LogP contribution in [0.1, 0.15) is 22.0 Å². The highest BCUT2D eigenvalue weighted by molar-refractivity contribution is 6.00. The third-order valence-electron chi connectivity index (χ3n) is 4.24. The first-order valence-electron chi connectivity index (χ1n) is 8.02. The van der Waals surface area contributed by atoms with Crippen molar-refractivity contribution in [2.24, 2.45) is 7.05 Å². The Bertz CT molecular complexity index is 983. The van der Waals surface area contributed by atoms with Gasteiger partial charge in [0, 0.05) is 38.4 Å². The molecule has 0 saturated heterocycles. The van der Waals surface area contributed by atoms with Crippen LogP contribution in [0.5, 0.6) is 0 Å². The molecule has 3 heterocycles. The van der Waals surface area contributed by atoms with E-state index in [-0.39, 0.29) is 11.9 Å². The highest BCUT2D eigenvalue weighted by Crippen LogP contribution is 2.17. The molecule has 0 fully saturated rings. The summed E-state index contributed by atoms with van der Waals surface area (Å²) in [5.74, 6) is -0.147. The number of carbonyl (C=O) groups is 1. The van der Waals surface area contributed by atoms with Crippen molar-refractivity contribution in [3.8, 4) is 0 Å². The van der Waals surface area contributed by atoms with E-state index in [2.05, 4.69) is 15.4 Å². The van der Waals surface area contributed by atoms with Gasteiger partial charge in [-0.2, -0.15) is 5.10 Å². The highest BCUT2D eigenvalue weighted by atomic mass is 16.1. The van der Waals surface area contributed by atoms with Crippen LogP contribution in [-0.4, -0.2) is 29.6 Å². The molecule has 0 unspecified atom stereocenters. The number of aromatic nitrogens is 5. The molecule has 4 rings (SSSR count). The van der Waals surface area contributed by atoms with Crippen molar-refractivity contribution in [3.63, 3.8) is 0 Å². The van der Waals surface area contributed by atoms with Crippen LogP contribution in [0.4, 0.5) is 0 Å². The third kappa shape index (κ3) is 2.91. The van der Waals surface area contributed by atoms with E-state index in [0.717, 1.165) is 11.2 Å². The Morgan fingerprint density at radius 2 is 2.04 bits per heavy atom. The summed E-state index contributed by atoms with van der Waals surface area (Å²) < 4.78 is 5.53. The second-order valence-corrected chi connectivity index (χ2v) is 5.93. The van der Waals surface area contributed by atoms with Crippen molar-refractivity contribution >= 4 is 11.6 Å². The van der Waals surface area contributed by atoms with Crippen molar-refractivity contribution in [2.75, 3.05) is 0 Å². The van der Waals surface area contributed by atoms with Crippen molar-refractivity contribution in [3.05, 3.63) is 78.8 Å². The van der Waals surface area contributed by atoms with Gasteiger partial charge in [0.05, 0.1) is 18.6 Å². The van der Waals surface area contributed by atoms with Gasteiger partial charge in [0.2, 0.25) is 0 Å². The summed E-state index contributed by atoms with van der Waals surface area (Å²) >= 11 is 0. The average Bonchev–Trinajstić information content (AvgIpc) is 3.35. The summed E-state index contributed by atoms with van der Waals surface area (Å²) in [6.07, 6.45) is 10.7. The molecular formula is C18H18N6O. The van der Waals surface area contributed by atoms with Crippen LogP contribution in [0.3, 0.4) is 0 Å². The maximum Gasteiger partial charge on any atom is 0.257 e. The molecule has 1 N–H and O–H groups in total. The lowest BCUT2D eigenvalue weighted by molar-refractivity contribution is 0.0934. The minimum Gasteiger partial charge on any atom is -0.343 e. The maximum atomic E-state index is 12.9. The minimum atomic E-state index is -0.168. The number of nitrogens with zero attached hydrogens (tertiary/aromatic N) is 5. The summed E-state index contributed by atoms with van der Waals surface area (Å²) in [7, 11) is 1.90. The van der Waals surface area contributed by atoms with E-state index in [4.69, 9.17) is 0 Å². The zero-order chi connectivity index (χ0) is 17.2. The van der Waals surface area contributed by atoms with Gasteiger partial charge in [0.15, 0.2) is 0 Å².